The SMILES string of the molecule is CC(Oc1ccc(C#N)cc1)C(=O)Nc1ccccc1NC(=O)N1CCCC1. The lowest BCUT2D eigenvalue weighted by Crippen LogP contribution is -2.33. The number of benzene rings is 2. The summed E-state index contributed by atoms with van der Waals surface area (Å²) in [5.74, 6) is 0.157. The number of hydrogen-bond donors (Lipinski definition) is 2. The molecule has 2 N–H and O–H groups in total. The van der Waals surface area contributed by atoms with E-state index in [4.69, 9.17) is 10.00 Å². The number of rotatable bonds is 5. The summed E-state index contributed by atoms with van der Waals surface area (Å²) in [5, 5.41) is 14.5. The molecular weight excluding hydrogens is 356 g/mol. The van der Waals surface area contributed by atoms with Gasteiger partial charge in [-0.2, -0.15) is 5.26 Å². The molecule has 7 heteroatoms. The Balaban J connectivity index is 1.62. The molecule has 0 saturated carbocycles. The van der Waals surface area contributed by atoms with Gasteiger partial charge in [0.1, 0.15) is 5.75 Å². The first-order valence-electron chi connectivity index (χ1n) is 9.19. The van der Waals surface area contributed by atoms with Crippen LogP contribution in [0.15, 0.2) is 48.5 Å². The zero-order valence-electron chi connectivity index (χ0n) is 15.6. The third kappa shape index (κ3) is 4.80. The highest BCUT2D eigenvalue weighted by Crippen LogP contribution is 2.23. The van der Waals surface area contributed by atoms with Crippen LogP contribution >= 0.6 is 0 Å². The summed E-state index contributed by atoms with van der Waals surface area (Å²) in [7, 11) is 0. The first-order chi connectivity index (χ1) is 13.6. The number of urea groups is 1. The highest BCUT2D eigenvalue weighted by Gasteiger charge is 2.20. The Bertz CT molecular complexity index is 883. The Morgan fingerprint density at radius 1 is 1.04 bits per heavy atom. The number of hydrogen-bond acceptors (Lipinski definition) is 4. The first-order valence-corrected chi connectivity index (χ1v) is 9.19. The molecule has 1 unspecified atom stereocenters. The Kier molecular flexibility index (Phi) is 6.12. The second-order valence-electron chi connectivity index (χ2n) is 6.56. The summed E-state index contributed by atoms with van der Waals surface area (Å²) < 4.78 is 5.63. The van der Waals surface area contributed by atoms with E-state index in [0.717, 1.165) is 25.9 Å². The Morgan fingerprint density at radius 2 is 1.64 bits per heavy atom. The van der Waals surface area contributed by atoms with E-state index >= 15 is 0 Å². The van der Waals surface area contributed by atoms with Gasteiger partial charge in [0.05, 0.1) is 23.0 Å². The van der Waals surface area contributed by atoms with Crippen molar-refractivity contribution >= 4 is 23.3 Å². The third-order valence-corrected chi connectivity index (χ3v) is 4.49. The lowest BCUT2D eigenvalue weighted by atomic mass is 10.2. The van der Waals surface area contributed by atoms with Crippen LogP contribution < -0.4 is 15.4 Å². The number of nitrogens with one attached hydrogen (secondary N) is 2. The van der Waals surface area contributed by atoms with E-state index < -0.39 is 6.10 Å². The van der Waals surface area contributed by atoms with Crippen molar-refractivity contribution in [2.75, 3.05) is 23.7 Å². The largest absolute Gasteiger partial charge is 0.481 e. The maximum atomic E-state index is 12.5. The van der Waals surface area contributed by atoms with Gasteiger partial charge in [-0.1, -0.05) is 12.1 Å². The number of anilines is 2. The van der Waals surface area contributed by atoms with Gasteiger partial charge >= 0.3 is 6.03 Å². The van der Waals surface area contributed by atoms with E-state index in [0.29, 0.717) is 22.7 Å². The van der Waals surface area contributed by atoms with E-state index in [1.54, 1.807) is 60.4 Å². The van der Waals surface area contributed by atoms with Crippen LogP contribution in [0.5, 0.6) is 5.75 Å². The van der Waals surface area contributed by atoms with Crippen LogP contribution in [-0.2, 0) is 4.79 Å². The molecular formula is C21H22N4O3. The molecule has 0 radical (unpaired) electrons. The van der Waals surface area contributed by atoms with Crippen molar-refractivity contribution in [3.63, 3.8) is 0 Å². The molecule has 1 aliphatic rings. The van der Waals surface area contributed by atoms with Crippen LogP contribution in [0.4, 0.5) is 16.2 Å². The average molecular weight is 378 g/mol. The summed E-state index contributed by atoms with van der Waals surface area (Å²) >= 11 is 0. The second-order valence-corrected chi connectivity index (χ2v) is 6.56. The Labute approximate surface area is 163 Å². The fourth-order valence-corrected chi connectivity index (χ4v) is 2.92. The number of para-hydroxylation sites is 2. The molecule has 3 amide bonds. The molecule has 1 atom stereocenters. The fraction of sp³-hybridized carbons (Fsp3) is 0.286. The molecule has 0 bridgehead atoms. The van der Waals surface area contributed by atoms with Crippen LogP contribution in [0.1, 0.15) is 25.3 Å². The number of carbonyl (C=O) groups excluding carboxylic acids is 2. The maximum absolute atomic E-state index is 12.5. The highest BCUT2D eigenvalue weighted by atomic mass is 16.5. The minimum atomic E-state index is -0.754. The van der Waals surface area contributed by atoms with Gasteiger partial charge in [0.25, 0.3) is 5.91 Å². The Hall–Kier alpha value is -3.53. The fourth-order valence-electron chi connectivity index (χ4n) is 2.92. The molecule has 1 fully saturated rings. The predicted molar refractivity (Wildman–Crippen MR) is 106 cm³/mol. The monoisotopic (exact) mass is 378 g/mol. The third-order valence-electron chi connectivity index (χ3n) is 4.49. The molecule has 3 rings (SSSR count). The normalized spacial score (nSPS) is 14.1. The van der Waals surface area contributed by atoms with Crippen LogP contribution in [0.2, 0.25) is 0 Å². The quantitative estimate of drug-likeness (QED) is 0.831. The van der Waals surface area contributed by atoms with Crippen LogP contribution in [-0.4, -0.2) is 36.0 Å². The molecule has 7 nitrogen and oxygen atoms in total. The zero-order chi connectivity index (χ0) is 19.9. The van der Waals surface area contributed by atoms with Gasteiger partial charge in [-0.05, 0) is 56.2 Å². The highest BCUT2D eigenvalue weighted by molar-refractivity contribution is 6.00. The summed E-state index contributed by atoms with van der Waals surface area (Å²) in [6.45, 7) is 3.13. The zero-order valence-corrected chi connectivity index (χ0v) is 15.6. The average Bonchev–Trinajstić information content (AvgIpc) is 3.25. The van der Waals surface area contributed by atoms with Crippen molar-refractivity contribution in [3.05, 3.63) is 54.1 Å². The lowest BCUT2D eigenvalue weighted by molar-refractivity contribution is -0.122. The van der Waals surface area contributed by atoms with Crippen molar-refractivity contribution in [2.45, 2.75) is 25.9 Å². The topological polar surface area (TPSA) is 94.5 Å². The number of carbonyl (C=O) groups is 2. The van der Waals surface area contributed by atoms with E-state index in [1.165, 1.54) is 0 Å². The number of nitriles is 1. The molecule has 2 aromatic carbocycles. The smallest absolute Gasteiger partial charge is 0.321 e. The summed E-state index contributed by atoms with van der Waals surface area (Å²) in [6, 6.07) is 15.5. The first kappa shape index (κ1) is 19.2. The number of ether oxygens (including phenoxy) is 1. The van der Waals surface area contributed by atoms with E-state index in [2.05, 4.69) is 10.6 Å². The number of likely N-dealkylation sites (tertiary alicyclic amines) is 1. The van der Waals surface area contributed by atoms with Crippen molar-refractivity contribution in [1.29, 1.82) is 5.26 Å². The summed E-state index contributed by atoms with van der Waals surface area (Å²) in [4.78, 5) is 26.6. The van der Waals surface area contributed by atoms with E-state index in [-0.39, 0.29) is 11.9 Å². The molecule has 1 heterocycles. The molecule has 2 aromatic rings. The molecule has 28 heavy (non-hydrogen) atoms. The van der Waals surface area contributed by atoms with E-state index in [1.807, 2.05) is 6.07 Å². The van der Waals surface area contributed by atoms with Gasteiger partial charge in [0.2, 0.25) is 0 Å². The summed E-state index contributed by atoms with van der Waals surface area (Å²) in [6.07, 6.45) is 1.27. The van der Waals surface area contributed by atoms with Gasteiger partial charge in [-0.25, -0.2) is 4.79 Å². The molecule has 0 aromatic heterocycles. The van der Waals surface area contributed by atoms with Gasteiger partial charge in [0.15, 0.2) is 6.10 Å². The van der Waals surface area contributed by atoms with Gasteiger partial charge in [-0.3, -0.25) is 4.79 Å². The molecule has 0 aliphatic carbocycles. The van der Waals surface area contributed by atoms with Gasteiger partial charge in [-0.15, -0.1) is 0 Å². The van der Waals surface area contributed by atoms with Gasteiger partial charge in [0, 0.05) is 13.1 Å². The minimum absolute atomic E-state index is 0.166. The standard InChI is InChI=1S/C21H22N4O3/c1-15(28-17-10-8-16(14-22)9-11-17)20(26)23-18-6-2-3-7-19(18)24-21(27)25-12-4-5-13-25/h2-3,6-11,15H,4-5,12-13H2,1H3,(H,23,26)(H,24,27). The van der Waals surface area contributed by atoms with Gasteiger partial charge < -0.3 is 20.3 Å². The van der Waals surface area contributed by atoms with Crippen molar-refractivity contribution in [2.24, 2.45) is 0 Å². The molecule has 1 saturated heterocycles. The van der Waals surface area contributed by atoms with Crippen LogP contribution in [0, 0.1) is 11.3 Å². The van der Waals surface area contributed by atoms with Crippen molar-refractivity contribution in [1.82, 2.24) is 4.90 Å². The second kappa shape index (κ2) is 8.91. The van der Waals surface area contributed by atoms with Crippen molar-refractivity contribution < 1.29 is 14.3 Å². The minimum Gasteiger partial charge on any atom is -0.481 e. The number of amides is 3. The van der Waals surface area contributed by atoms with Crippen molar-refractivity contribution in [3.8, 4) is 11.8 Å². The number of nitrogens with zero attached hydrogens (tertiary/aromatic N) is 2. The molecule has 1 aliphatic heterocycles. The predicted octanol–water partition coefficient (Wildman–Crippen LogP) is 3.59. The Morgan fingerprint density at radius 3 is 2.25 bits per heavy atom. The lowest BCUT2D eigenvalue weighted by Gasteiger charge is -2.19. The molecule has 0 spiro atoms. The molecule has 144 valence electrons. The van der Waals surface area contributed by atoms with Crippen LogP contribution in [0.25, 0.3) is 0 Å². The summed E-state index contributed by atoms with van der Waals surface area (Å²) in [5.41, 5.74) is 1.57. The van der Waals surface area contributed by atoms with E-state index in [9.17, 15) is 9.59 Å². The van der Waals surface area contributed by atoms with Crippen LogP contribution in [0.3, 0.4) is 0 Å². The maximum Gasteiger partial charge on any atom is 0.321 e.